The van der Waals surface area contributed by atoms with Gasteiger partial charge < -0.3 is 24.6 Å². The Bertz CT molecular complexity index is 716. The van der Waals surface area contributed by atoms with Crippen molar-refractivity contribution in [1.29, 1.82) is 0 Å². The topological polar surface area (TPSA) is 60.0 Å². The molecular formula is C18H21NO4. The van der Waals surface area contributed by atoms with Gasteiger partial charge in [0, 0.05) is 18.2 Å². The standard InChI is InChI=1S/C18H21NO4/c1-19-11-18(20)14-7-5-4-6-12(14)10-23-17-15(18)8-13(21-2)9-16(17)22-3/h4-9,19-20H,10-11H2,1-3H3. The molecule has 0 aromatic heterocycles. The van der Waals surface area contributed by atoms with Gasteiger partial charge in [-0.1, -0.05) is 24.3 Å². The van der Waals surface area contributed by atoms with E-state index in [-0.39, 0.29) is 0 Å². The molecule has 2 aromatic carbocycles. The second-order valence-corrected chi connectivity index (χ2v) is 5.54. The minimum Gasteiger partial charge on any atom is -0.497 e. The normalized spacial score (nSPS) is 19.1. The molecule has 0 spiro atoms. The lowest BCUT2D eigenvalue weighted by molar-refractivity contribution is 0.0809. The highest BCUT2D eigenvalue weighted by molar-refractivity contribution is 5.58. The zero-order valence-electron chi connectivity index (χ0n) is 13.6. The second kappa shape index (κ2) is 6.10. The first kappa shape index (κ1) is 15.6. The molecule has 23 heavy (non-hydrogen) atoms. The molecule has 5 nitrogen and oxygen atoms in total. The lowest BCUT2D eigenvalue weighted by Crippen LogP contribution is -2.38. The van der Waals surface area contributed by atoms with Gasteiger partial charge in [0.15, 0.2) is 11.5 Å². The quantitative estimate of drug-likeness (QED) is 0.904. The molecule has 3 rings (SSSR count). The Morgan fingerprint density at radius 2 is 1.96 bits per heavy atom. The number of fused-ring (bicyclic) bond motifs is 2. The van der Waals surface area contributed by atoms with Crippen LogP contribution in [0.2, 0.25) is 0 Å². The van der Waals surface area contributed by atoms with Crippen LogP contribution in [0.5, 0.6) is 17.2 Å². The summed E-state index contributed by atoms with van der Waals surface area (Å²) in [5.74, 6) is 1.70. The second-order valence-electron chi connectivity index (χ2n) is 5.54. The third kappa shape index (κ3) is 2.52. The van der Waals surface area contributed by atoms with Crippen LogP contribution in [-0.4, -0.2) is 32.9 Å². The van der Waals surface area contributed by atoms with Crippen molar-refractivity contribution in [3.05, 3.63) is 53.1 Å². The van der Waals surface area contributed by atoms with Crippen LogP contribution >= 0.6 is 0 Å². The highest BCUT2D eigenvalue weighted by atomic mass is 16.5. The summed E-state index contributed by atoms with van der Waals surface area (Å²) in [6, 6.07) is 11.3. The van der Waals surface area contributed by atoms with Gasteiger partial charge in [0.1, 0.15) is 18.0 Å². The number of hydrogen-bond donors (Lipinski definition) is 2. The van der Waals surface area contributed by atoms with E-state index >= 15 is 0 Å². The third-order valence-corrected chi connectivity index (χ3v) is 4.20. The molecule has 0 aliphatic carbocycles. The maximum Gasteiger partial charge on any atom is 0.168 e. The zero-order valence-corrected chi connectivity index (χ0v) is 13.6. The Labute approximate surface area is 135 Å². The molecule has 0 saturated carbocycles. The van der Waals surface area contributed by atoms with Gasteiger partial charge in [-0.05, 0) is 24.2 Å². The highest BCUT2D eigenvalue weighted by Crippen LogP contribution is 2.46. The van der Waals surface area contributed by atoms with Crippen molar-refractivity contribution in [2.75, 3.05) is 27.8 Å². The molecular weight excluding hydrogens is 294 g/mol. The van der Waals surface area contributed by atoms with Crippen molar-refractivity contribution in [1.82, 2.24) is 5.32 Å². The van der Waals surface area contributed by atoms with Gasteiger partial charge in [-0.25, -0.2) is 0 Å². The Morgan fingerprint density at radius 3 is 2.65 bits per heavy atom. The number of methoxy groups -OCH3 is 2. The van der Waals surface area contributed by atoms with Crippen molar-refractivity contribution in [3.8, 4) is 17.2 Å². The molecule has 1 unspecified atom stereocenters. The fraction of sp³-hybridized carbons (Fsp3) is 0.333. The summed E-state index contributed by atoms with van der Waals surface area (Å²) in [6.45, 7) is 0.717. The number of rotatable bonds is 4. The molecule has 2 N–H and O–H groups in total. The first-order valence-corrected chi connectivity index (χ1v) is 7.48. The van der Waals surface area contributed by atoms with E-state index in [0.717, 1.165) is 11.1 Å². The van der Waals surface area contributed by atoms with E-state index in [9.17, 15) is 5.11 Å². The predicted molar refractivity (Wildman–Crippen MR) is 87.2 cm³/mol. The number of hydrogen-bond acceptors (Lipinski definition) is 5. The van der Waals surface area contributed by atoms with Gasteiger partial charge in [-0.3, -0.25) is 0 Å². The van der Waals surface area contributed by atoms with E-state index in [1.165, 1.54) is 0 Å². The molecule has 122 valence electrons. The molecule has 0 saturated heterocycles. The lowest BCUT2D eigenvalue weighted by atomic mass is 9.83. The van der Waals surface area contributed by atoms with Crippen LogP contribution in [0, 0.1) is 0 Å². The number of benzene rings is 2. The molecule has 0 radical (unpaired) electrons. The molecule has 0 amide bonds. The van der Waals surface area contributed by atoms with Gasteiger partial charge in [0.25, 0.3) is 0 Å². The summed E-state index contributed by atoms with van der Waals surface area (Å²) in [5, 5.41) is 14.6. The minimum absolute atomic E-state index is 0.344. The van der Waals surface area contributed by atoms with E-state index in [1.54, 1.807) is 26.4 Å². The minimum atomic E-state index is -1.24. The summed E-state index contributed by atoms with van der Waals surface area (Å²) in [7, 11) is 4.97. The molecule has 1 heterocycles. The average molecular weight is 315 g/mol. The van der Waals surface area contributed by atoms with Crippen LogP contribution < -0.4 is 19.5 Å². The largest absolute Gasteiger partial charge is 0.497 e. The van der Waals surface area contributed by atoms with Crippen LogP contribution in [0.4, 0.5) is 0 Å². The monoisotopic (exact) mass is 315 g/mol. The molecule has 1 aliphatic heterocycles. The number of aliphatic hydroxyl groups is 1. The molecule has 0 fully saturated rings. The van der Waals surface area contributed by atoms with Gasteiger partial charge in [0.2, 0.25) is 0 Å². The summed E-state index contributed by atoms with van der Waals surface area (Å²) >= 11 is 0. The van der Waals surface area contributed by atoms with Gasteiger partial charge in [-0.2, -0.15) is 0 Å². The van der Waals surface area contributed by atoms with Crippen molar-refractivity contribution in [3.63, 3.8) is 0 Å². The highest BCUT2D eigenvalue weighted by Gasteiger charge is 2.39. The summed E-state index contributed by atoms with van der Waals surface area (Å²) in [5.41, 5.74) is 1.16. The maximum atomic E-state index is 11.5. The van der Waals surface area contributed by atoms with E-state index in [1.807, 2.05) is 31.3 Å². The Balaban J connectivity index is 2.30. The molecule has 1 atom stereocenters. The van der Waals surface area contributed by atoms with Crippen LogP contribution in [-0.2, 0) is 12.2 Å². The molecule has 0 bridgehead atoms. The SMILES string of the molecule is CNCC1(O)c2ccccc2COc2c(OC)cc(OC)cc21. The summed E-state index contributed by atoms with van der Waals surface area (Å²) in [6.07, 6.45) is 0. The smallest absolute Gasteiger partial charge is 0.168 e. The van der Waals surface area contributed by atoms with Crippen LogP contribution in [0.15, 0.2) is 36.4 Å². The van der Waals surface area contributed by atoms with Gasteiger partial charge in [-0.15, -0.1) is 0 Å². The van der Waals surface area contributed by atoms with E-state index in [4.69, 9.17) is 14.2 Å². The fourth-order valence-electron chi connectivity index (χ4n) is 3.09. The van der Waals surface area contributed by atoms with Crippen LogP contribution in [0.3, 0.4) is 0 Å². The van der Waals surface area contributed by atoms with Crippen molar-refractivity contribution in [2.24, 2.45) is 0 Å². The summed E-state index contributed by atoms with van der Waals surface area (Å²) in [4.78, 5) is 0. The zero-order chi connectivity index (χ0) is 16.4. The number of nitrogens with one attached hydrogen (secondary N) is 1. The fourth-order valence-corrected chi connectivity index (χ4v) is 3.09. The Kier molecular flexibility index (Phi) is 4.15. The van der Waals surface area contributed by atoms with E-state index < -0.39 is 5.60 Å². The number of ether oxygens (including phenoxy) is 3. The predicted octanol–water partition coefficient (Wildman–Crippen LogP) is 2.05. The Hall–Kier alpha value is -2.24. The summed E-state index contributed by atoms with van der Waals surface area (Å²) < 4.78 is 16.8. The van der Waals surface area contributed by atoms with E-state index in [2.05, 4.69) is 5.32 Å². The van der Waals surface area contributed by atoms with Crippen molar-refractivity contribution >= 4 is 0 Å². The first-order valence-electron chi connectivity index (χ1n) is 7.48. The van der Waals surface area contributed by atoms with Crippen LogP contribution in [0.25, 0.3) is 0 Å². The average Bonchev–Trinajstić information content (AvgIpc) is 2.70. The van der Waals surface area contributed by atoms with Crippen molar-refractivity contribution in [2.45, 2.75) is 12.2 Å². The van der Waals surface area contributed by atoms with Gasteiger partial charge in [0.05, 0.1) is 14.2 Å². The van der Waals surface area contributed by atoms with Gasteiger partial charge >= 0.3 is 0 Å². The first-order chi connectivity index (χ1) is 11.1. The maximum absolute atomic E-state index is 11.5. The molecule has 5 heteroatoms. The van der Waals surface area contributed by atoms with E-state index in [0.29, 0.717) is 36.0 Å². The number of likely N-dealkylation sites (N-methyl/N-ethyl adjacent to an activating group) is 1. The van der Waals surface area contributed by atoms with Crippen molar-refractivity contribution < 1.29 is 19.3 Å². The lowest BCUT2D eigenvalue weighted by Gasteiger charge is -2.30. The molecule has 2 aromatic rings. The van der Waals surface area contributed by atoms with Crippen LogP contribution in [0.1, 0.15) is 16.7 Å². The Morgan fingerprint density at radius 1 is 1.17 bits per heavy atom. The third-order valence-electron chi connectivity index (χ3n) is 4.20. The molecule has 1 aliphatic rings.